The quantitative estimate of drug-likeness (QED) is 0.323. The molecule has 0 saturated carbocycles. The Morgan fingerprint density at radius 2 is 1.79 bits per heavy atom. The van der Waals surface area contributed by atoms with Gasteiger partial charge < -0.3 is 9.84 Å². The molecule has 2 N–H and O–H groups in total. The molecule has 14 heavy (non-hydrogen) atoms. The maximum absolute atomic E-state index is 9.65. The first-order valence-electron chi connectivity index (χ1n) is 4.51. The molecule has 0 fully saturated rings. The van der Waals surface area contributed by atoms with E-state index in [4.69, 9.17) is 10.4 Å². The van der Waals surface area contributed by atoms with Crippen LogP contribution in [0.2, 0.25) is 0 Å². The molecule has 0 spiro atoms. The van der Waals surface area contributed by atoms with Crippen LogP contribution >= 0.6 is 0 Å². The molecule has 0 heterocycles. The number of carbonyl (C=O) groups is 1. The van der Waals surface area contributed by atoms with Crippen LogP contribution in [-0.2, 0) is 9.62 Å². The number of rotatable bonds is 3. The predicted molar refractivity (Wildman–Crippen MR) is 52.4 cm³/mol. The van der Waals surface area contributed by atoms with Crippen molar-refractivity contribution in [2.24, 2.45) is 0 Å². The second-order valence-corrected chi connectivity index (χ2v) is 3.67. The van der Waals surface area contributed by atoms with E-state index in [1.807, 2.05) is 6.92 Å². The van der Waals surface area contributed by atoms with Gasteiger partial charge in [-0.05, 0) is 27.2 Å². The summed E-state index contributed by atoms with van der Waals surface area (Å²) in [5, 5.41) is 15.8. The summed E-state index contributed by atoms with van der Waals surface area (Å²) in [6.07, 6.45) is 0.595. The number of hydrogen-bond acceptors (Lipinski definition) is 4. The average Bonchev–Trinajstić information content (AvgIpc) is 2.04. The lowest BCUT2D eigenvalue weighted by atomic mass is 10.2. The first-order valence-corrected chi connectivity index (χ1v) is 4.51. The van der Waals surface area contributed by atoms with Gasteiger partial charge in [0.15, 0.2) is 0 Å². The van der Waals surface area contributed by atoms with Gasteiger partial charge in [-0.15, -0.1) is 0 Å². The molecule has 0 aromatic rings. The second kappa shape index (κ2) is 8.77. The Morgan fingerprint density at radius 3 is 2.00 bits per heavy atom. The van der Waals surface area contributed by atoms with Crippen molar-refractivity contribution in [3.05, 3.63) is 0 Å². The third-order valence-corrected chi connectivity index (χ3v) is 0.997. The molecular formula is C9H20O5. The first-order chi connectivity index (χ1) is 6.33. The molecule has 0 aromatic heterocycles. The van der Waals surface area contributed by atoms with Gasteiger partial charge in [0.1, 0.15) is 0 Å². The van der Waals surface area contributed by atoms with Crippen LogP contribution in [0.4, 0.5) is 4.79 Å². The summed E-state index contributed by atoms with van der Waals surface area (Å²) in [5.41, 5.74) is -0.403. The van der Waals surface area contributed by atoms with Gasteiger partial charge in [-0.25, -0.2) is 9.68 Å². The van der Waals surface area contributed by atoms with Crippen molar-refractivity contribution in [1.82, 2.24) is 0 Å². The summed E-state index contributed by atoms with van der Waals surface area (Å²) in [5.74, 6) is 0. The predicted octanol–water partition coefficient (Wildman–Crippen LogP) is 2.76. The van der Waals surface area contributed by atoms with Crippen molar-refractivity contribution < 1.29 is 24.8 Å². The van der Waals surface area contributed by atoms with Crippen LogP contribution in [0.5, 0.6) is 0 Å². The zero-order valence-corrected chi connectivity index (χ0v) is 9.24. The highest BCUT2D eigenvalue weighted by Crippen LogP contribution is 2.01. The number of unbranched alkanes of at least 4 members (excludes halogenated alkanes) is 1. The fourth-order valence-corrected chi connectivity index (χ4v) is 0.304. The molecular weight excluding hydrogens is 188 g/mol. The van der Waals surface area contributed by atoms with E-state index in [9.17, 15) is 4.79 Å². The average molecular weight is 208 g/mol. The van der Waals surface area contributed by atoms with Gasteiger partial charge in [-0.3, -0.25) is 5.26 Å². The molecule has 0 radical (unpaired) electrons. The number of hydrogen-bond donors (Lipinski definition) is 2. The molecule has 0 rings (SSSR count). The molecule has 0 atom stereocenters. The number of carboxylic acid groups (broad SMARTS) is 1. The van der Waals surface area contributed by atoms with E-state index in [-0.39, 0.29) is 0 Å². The van der Waals surface area contributed by atoms with Gasteiger partial charge in [0.2, 0.25) is 0 Å². The topological polar surface area (TPSA) is 76.0 Å². The Kier molecular flexibility index (Phi) is 9.81. The molecule has 0 aliphatic heterocycles. The summed E-state index contributed by atoms with van der Waals surface area (Å²) >= 11 is 0. The van der Waals surface area contributed by atoms with Crippen molar-refractivity contribution in [3.63, 3.8) is 0 Å². The van der Waals surface area contributed by atoms with Crippen molar-refractivity contribution in [3.8, 4) is 0 Å². The largest absolute Gasteiger partial charge is 0.505 e. The summed E-state index contributed by atoms with van der Waals surface area (Å²) in [7, 11) is 0. The van der Waals surface area contributed by atoms with Crippen molar-refractivity contribution in [1.29, 1.82) is 0 Å². The maximum atomic E-state index is 9.65. The fourth-order valence-electron chi connectivity index (χ4n) is 0.304. The minimum Gasteiger partial charge on any atom is -0.450 e. The van der Waals surface area contributed by atoms with E-state index >= 15 is 0 Å². The van der Waals surface area contributed by atoms with E-state index in [0.29, 0.717) is 6.61 Å². The zero-order chi connectivity index (χ0) is 11.6. The molecule has 5 heteroatoms. The first kappa shape index (κ1) is 15.7. The van der Waals surface area contributed by atoms with E-state index in [2.05, 4.69) is 9.62 Å². The Labute approximate surface area is 84.6 Å². The fraction of sp³-hybridized carbons (Fsp3) is 0.889. The highest BCUT2D eigenvalue weighted by molar-refractivity contribution is 5.56. The summed E-state index contributed by atoms with van der Waals surface area (Å²) in [6, 6.07) is 0. The van der Waals surface area contributed by atoms with Gasteiger partial charge in [-0.2, -0.15) is 0 Å². The molecule has 0 aromatic carbocycles. The summed E-state index contributed by atoms with van der Waals surface area (Å²) < 4.78 is 4.20. The molecule has 0 amide bonds. The SMILES string of the molecule is CC(C)(C)OO.CCCCOC(=O)O. The molecule has 0 bridgehead atoms. The lowest BCUT2D eigenvalue weighted by molar-refractivity contribution is -0.306. The van der Waals surface area contributed by atoms with Gasteiger partial charge in [0, 0.05) is 0 Å². The smallest absolute Gasteiger partial charge is 0.450 e. The summed E-state index contributed by atoms with van der Waals surface area (Å²) in [6.45, 7) is 7.62. The molecule has 0 unspecified atom stereocenters. The van der Waals surface area contributed by atoms with Crippen LogP contribution in [0.25, 0.3) is 0 Å². The van der Waals surface area contributed by atoms with Crippen LogP contribution in [-0.4, -0.2) is 28.7 Å². The van der Waals surface area contributed by atoms with E-state index in [0.717, 1.165) is 12.8 Å². The van der Waals surface area contributed by atoms with Crippen LogP contribution in [0.3, 0.4) is 0 Å². The van der Waals surface area contributed by atoms with Crippen molar-refractivity contribution in [2.75, 3.05) is 6.61 Å². The standard InChI is InChI=1S/C5H10O3.C4H10O2/c1-2-3-4-8-5(6)7;1-4(2,3)6-5/h2-4H2,1H3,(H,6,7);5H,1-3H3. The summed E-state index contributed by atoms with van der Waals surface area (Å²) in [4.78, 5) is 13.6. The minimum atomic E-state index is -1.18. The Balaban J connectivity index is 0. The molecule has 5 nitrogen and oxygen atoms in total. The Morgan fingerprint density at radius 1 is 1.36 bits per heavy atom. The van der Waals surface area contributed by atoms with Crippen molar-refractivity contribution >= 4 is 6.16 Å². The third kappa shape index (κ3) is 22.5. The minimum absolute atomic E-state index is 0.325. The monoisotopic (exact) mass is 208 g/mol. The van der Waals surface area contributed by atoms with Gasteiger partial charge in [0.05, 0.1) is 12.2 Å². The lowest BCUT2D eigenvalue weighted by Crippen LogP contribution is -2.15. The normalized spacial score (nSPS) is 10.1. The van der Waals surface area contributed by atoms with E-state index in [1.165, 1.54) is 0 Å². The lowest BCUT2D eigenvalue weighted by Gasteiger charge is -2.10. The second-order valence-electron chi connectivity index (χ2n) is 3.67. The van der Waals surface area contributed by atoms with Gasteiger partial charge in [0.25, 0.3) is 0 Å². The Hall–Kier alpha value is -0.810. The van der Waals surface area contributed by atoms with E-state index in [1.54, 1.807) is 20.8 Å². The van der Waals surface area contributed by atoms with E-state index < -0.39 is 11.8 Å². The van der Waals surface area contributed by atoms with Crippen molar-refractivity contribution in [2.45, 2.75) is 46.1 Å². The maximum Gasteiger partial charge on any atom is 0.505 e. The third-order valence-electron chi connectivity index (χ3n) is 0.997. The van der Waals surface area contributed by atoms with Gasteiger partial charge in [-0.1, -0.05) is 13.3 Å². The molecule has 0 saturated heterocycles. The van der Waals surface area contributed by atoms with Crippen LogP contribution < -0.4 is 0 Å². The number of ether oxygens (including phenoxy) is 1. The zero-order valence-electron chi connectivity index (χ0n) is 9.24. The van der Waals surface area contributed by atoms with Crippen LogP contribution in [0, 0.1) is 0 Å². The van der Waals surface area contributed by atoms with Crippen LogP contribution in [0.1, 0.15) is 40.5 Å². The van der Waals surface area contributed by atoms with Gasteiger partial charge >= 0.3 is 6.16 Å². The van der Waals surface area contributed by atoms with Crippen LogP contribution in [0.15, 0.2) is 0 Å². The molecule has 86 valence electrons. The molecule has 0 aliphatic carbocycles. The Bertz CT molecular complexity index is 139. The molecule has 0 aliphatic rings. The highest BCUT2D eigenvalue weighted by atomic mass is 17.1. The highest BCUT2D eigenvalue weighted by Gasteiger charge is 2.06.